The van der Waals surface area contributed by atoms with Crippen molar-refractivity contribution in [3.63, 3.8) is 0 Å². The van der Waals surface area contributed by atoms with Crippen molar-refractivity contribution in [2.75, 3.05) is 38.3 Å². The minimum Gasteiger partial charge on any atom is -0.497 e. The summed E-state index contributed by atoms with van der Waals surface area (Å²) >= 11 is 0. The summed E-state index contributed by atoms with van der Waals surface area (Å²) in [6, 6.07) is 16.0. The molecule has 0 radical (unpaired) electrons. The number of hydrogen-bond acceptors (Lipinski definition) is 6. The van der Waals surface area contributed by atoms with Gasteiger partial charge in [0.2, 0.25) is 11.8 Å². The molecule has 42 heavy (non-hydrogen) atoms. The van der Waals surface area contributed by atoms with Crippen molar-refractivity contribution < 1.29 is 29.0 Å². The van der Waals surface area contributed by atoms with Gasteiger partial charge in [-0.05, 0) is 42.7 Å². The minimum absolute atomic E-state index is 0.129. The molecule has 2 saturated heterocycles. The Morgan fingerprint density at radius 2 is 1.67 bits per heavy atom. The molecule has 9 heteroatoms. The molecule has 1 unspecified atom stereocenters. The smallest absolute Gasteiger partial charge is 0.253 e. The summed E-state index contributed by atoms with van der Waals surface area (Å²) in [7, 11) is 1.58. The van der Waals surface area contributed by atoms with Gasteiger partial charge in [-0.2, -0.15) is 0 Å². The maximum absolute atomic E-state index is 14.5. The number of methoxy groups -OCH3 is 1. The summed E-state index contributed by atoms with van der Waals surface area (Å²) in [5.74, 6) is -1.73. The third-order valence-electron chi connectivity index (χ3n) is 9.18. The highest BCUT2D eigenvalue weighted by atomic mass is 16.5. The molecule has 220 valence electrons. The first-order valence-corrected chi connectivity index (χ1v) is 14.6. The molecule has 9 nitrogen and oxygen atoms in total. The number of aliphatic hydroxyl groups is 1. The van der Waals surface area contributed by atoms with E-state index in [-0.39, 0.29) is 37.4 Å². The third-order valence-corrected chi connectivity index (χ3v) is 9.18. The lowest BCUT2D eigenvalue weighted by Crippen LogP contribution is -2.56. The van der Waals surface area contributed by atoms with Crippen molar-refractivity contribution in [2.45, 2.75) is 43.6 Å². The number of ether oxygens (including phenoxy) is 2. The van der Waals surface area contributed by atoms with E-state index >= 15 is 0 Å². The molecule has 2 fully saturated rings. The first-order chi connectivity index (χ1) is 20.4. The van der Waals surface area contributed by atoms with Crippen LogP contribution < -0.4 is 9.64 Å². The van der Waals surface area contributed by atoms with Crippen LogP contribution in [-0.4, -0.2) is 83.2 Å². The number of anilines is 1. The van der Waals surface area contributed by atoms with Crippen molar-refractivity contribution in [3.05, 3.63) is 84.5 Å². The van der Waals surface area contributed by atoms with Crippen LogP contribution in [0.1, 0.15) is 25.3 Å². The Hall–Kier alpha value is -3.95. The molecule has 2 aromatic rings. The Balaban J connectivity index is 1.43. The second-order valence-electron chi connectivity index (χ2n) is 11.4. The van der Waals surface area contributed by atoms with Crippen molar-refractivity contribution >= 4 is 23.4 Å². The van der Waals surface area contributed by atoms with Crippen LogP contribution in [0.5, 0.6) is 5.75 Å². The highest BCUT2D eigenvalue weighted by molar-refractivity contribution is 6.06. The van der Waals surface area contributed by atoms with Crippen molar-refractivity contribution in [2.24, 2.45) is 11.8 Å². The van der Waals surface area contributed by atoms with Crippen molar-refractivity contribution in [1.29, 1.82) is 0 Å². The summed E-state index contributed by atoms with van der Waals surface area (Å²) in [5.41, 5.74) is -0.703. The molecule has 1 spiro atoms. The van der Waals surface area contributed by atoms with Gasteiger partial charge < -0.3 is 29.3 Å². The zero-order valence-corrected chi connectivity index (χ0v) is 24.0. The molecular weight excluding hydrogens is 534 g/mol. The number of nitrogens with zero attached hydrogens (tertiary/aromatic N) is 3. The number of amides is 3. The second-order valence-corrected chi connectivity index (χ2v) is 11.4. The van der Waals surface area contributed by atoms with Gasteiger partial charge in [-0.3, -0.25) is 14.4 Å². The summed E-state index contributed by atoms with van der Waals surface area (Å²) in [4.78, 5) is 48.3. The van der Waals surface area contributed by atoms with E-state index in [0.29, 0.717) is 37.4 Å². The summed E-state index contributed by atoms with van der Waals surface area (Å²) < 4.78 is 12.3. The zero-order valence-electron chi connectivity index (χ0n) is 24.0. The molecule has 6 rings (SSSR count). The van der Waals surface area contributed by atoms with E-state index in [2.05, 4.69) is 0 Å². The molecule has 0 bridgehead atoms. The molecule has 5 atom stereocenters. The van der Waals surface area contributed by atoms with Gasteiger partial charge in [-0.25, -0.2) is 0 Å². The molecular formula is C33H37N3O6. The number of aliphatic hydroxyl groups excluding tert-OH is 1. The van der Waals surface area contributed by atoms with Crippen LogP contribution in [0.2, 0.25) is 0 Å². The topological polar surface area (TPSA) is 99.6 Å². The molecule has 3 amide bonds. The number of carbonyl (C=O) groups excluding carboxylic acids is 3. The molecule has 4 aliphatic heterocycles. The first kappa shape index (κ1) is 28.2. The first-order valence-electron chi connectivity index (χ1n) is 14.6. The molecule has 0 aromatic heterocycles. The molecule has 2 aromatic carbocycles. The van der Waals surface area contributed by atoms with Crippen molar-refractivity contribution in [1.82, 2.24) is 9.80 Å². The van der Waals surface area contributed by atoms with Crippen molar-refractivity contribution in [3.8, 4) is 5.75 Å². The lowest BCUT2D eigenvalue weighted by Gasteiger charge is -2.38. The molecule has 0 saturated carbocycles. The van der Waals surface area contributed by atoms with E-state index in [1.165, 1.54) is 0 Å². The van der Waals surface area contributed by atoms with Crippen LogP contribution in [0.3, 0.4) is 0 Å². The van der Waals surface area contributed by atoms with Gasteiger partial charge in [0.15, 0.2) is 0 Å². The minimum atomic E-state index is -1.33. The number of fused-ring (bicyclic) bond motifs is 2. The lowest BCUT2D eigenvalue weighted by molar-refractivity contribution is -0.150. The molecule has 4 aliphatic rings. The highest BCUT2D eigenvalue weighted by Gasteiger charge is 2.75. The SMILES string of the molecule is CC[C@]12C=CCN(Cc3ccccc3)C(=O)[C@H]1[C@H]1C(=O)N(CCCO)C3C(=O)N(c4ccc(OC)cc4)CC=C[C@@]31O2. The Morgan fingerprint density at radius 3 is 2.36 bits per heavy atom. The fourth-order valence-electron chi connectivity index (χ4n) is 7.23. The van der Waals surface area contributed by atoms with Gasteiger partial charge in [0.25, 0.3) is 5.91 Å². The summed E-state index contributed by atoms with van der Waals surface area (Å²) in [6.07, 6.45) is 8.41. The monoisotopic (exact) mass is 571 g/mol. The van der Waals surface area contributed by atoms with Gasteiger partial charge in [-0.15, -0.1) is 0 Å². The normalized spacial score (nSPS) is 30.2. The number of rotatable bonds is 8. The molecule has 0 aliphatic carbocycles. The van der Waals surface area contributed by atoms with Gasteiger partial charge >= 0.3 is 0 Å². The number of benzene rings is 2. The Labute approximate surface area is 246 Å². The van der Waals surface area contributed by atoms with Crippen LogP contribution in [0.15, 0.2) is 78.9 Å². The largest absolute Gasteiger partial charge is 0.497 e. The Morgan fingerprint density at radius 1 is 0.929 bits per heavy atom. The van der Waals surface area contributed by atoms with E-state index in [4.69, 9.17) is 9.47 Å². The van der Waals surface area contributed by atoms with Crippen LogP contribution in [-0.2, 0) is 25.7 Å². The third kappa shape index (κ3) is 4.34. The predicted molar refractivity (Wildman–Crippen MR) is 157 cm³/mol. The van der Waals surface area contributed by atoms with E-state index in [1.807, 2.05) is 73.7 Å². The predicted octanol–water partition coefficient (Wildman–Crippen LogP) is 2.94. The summed E-state index contributed by atoms with van der Waals surface area (Å²) in [6.45, 7) is 3.11. The standard InChI is InChI=1S/C33H37N3O6/c1-3-32-16-7-18-34(22-23-10-5-4-6-11-23)29(38)26(32)27-30(39)36(20-9-21-37)28-31(40)35(19-8-17-33(27,28)42-32)24-12-14-25(41-2)15-13-24/h4-8,10-17,26-28,37H,3,9,18-22H2,1-2H3/t26-,27+,28?,32+,33+/m1/s1. The quantitative estimate of drug-likeness (QED) is 0.490. The van der Waals surface area contributed by atoms with Gasteiger partial charge in [0, 0.05) is 38.5 Å². The van der Waals surface area contributed by atoms with Gasteiger partial charge in [0.05, 0.1) is 24.5 Å². The van der Waals surface area contributed by atoms with E-state index in [1.54, 1.807) is 33.9 Å². The zero-order chi connectivity index (χ0) is 29.5. The van der Waals surface area contributed by atoms with Crippen LogP contribution >= 0.6 is 0 Å². The summed E-state index contributed by atoms with van der Waals surface area (Å²) in [5, 5.41) is 9.67. The average molecular weight is 572 g/mol. The van der Waals surface area contributed by atoms with Crippen LogP contribution in [0.25, 0.3) is 0 Å². The number of carbonyl (C=O) groups is 3. The van der Waals surface area contributed by atoms with E-state index in [9.17, 15) is 19.5 Å². The lowest BCUT2D eigenvalue weighted by atomic mass is 9.73. The fourth-order valence-corrected chi connectivity index (χ4v) is 7.23. The maximum Gasteiger partial charge on any atom is 0.253 e. The fraction of sp³-hybridized carbons (Fsp3) is 0.424. The van der Waals surface area contributed by atoms with E-state index < -0.39 is 29.1 Å². The number of likely N-dealkylation sites (tertiary alicyclic amines) is 1. The average Bonchev–Trinajstić information content (AvgIpc) is 3.30. The van der Waals surface area contributed by atoms with Gasteiger partial charge in [-0.1, -0.05) is 61.6 Å². The second kappa shape index (κ2) is 11.0. The Bertz CT molecular complexity index is 1410. The molecule has 1 N–H and O–H groups in total. The van der Waals surface area contributed by atoms with Crippen LogP contribution in [0.4, 0.5) is 5.69 Å². The maximum atomic E-state index is 14.5. The highest BCUT2D eigenvalue weighted by Crippen LogP contribution is 2.58. The van der Waals surface area contributed by atoms with E-state index in [0.717, 1.165) is 5.56 Å². The number of hydrogen-bond donors (Lipinski definition) is 1. The van der Waals surface area contributed by atoms with Gasteiger partial charge in [0.1, 0.15) is 17.4 Å². The molecule has 4 heterocycles. The van der Waals surface area contributed by atoms with Crippen LogP contribution in [0, 0.1) is 11.8 Å². The Kier molecular flexibility index (Phi) is 7.41.